The summed E-state index contributed by atoms with van der Waals surface area (Å²) in [5, 5.41) is 6.67. The molecule has 3 aliphatic rings. The van der Waals surface area contributed by atoms with Gasteiger partial charge in [-0.1, -0.05) is 0 Å². The maximum Gasteiger partial charge on any atom is 0.418 e. The molecule has 0 saturated carbocycles. The predicted molar refractivity (Wildman–Crippen MR) is 72.8 cm³/mol. The first-order valence-corrected chi connectivity index (χ1v) is 8.49. The van der Waals surface area contributed by atoms with Gasteiger partial charge >= 0.3 is 16.4 Å². The smallest absolute Gasteiger partial charge is 0.350 e. The van der Waals surface area contributed by atoms with Crippen molar-refractivity contribution in [3.63, 3.8) is 0 Å². The molecule has 3 fully saturated rings. The van der Waals surface area contributed by atoms with E-state index in [0.29, 0.717) is 24.4 Å². The van der Waals surface area contributed by atoms with Gasteiger partial charge in [0.05, 0.1) is 6.04 Å². The lowest BCUT2D eigenvalue weighted by Gasteiger charge is -2.30. The van der Waals surface area contributed by atoms with Crippen LogP contribution >= 0.6 is 0 Å². The van der Waals surface area contributed by atoms with Crippen LogP contribution in [0.2, 0.25) is 0 Å². The van der Waals surface area contributed by atoms with Gasteiger partial charge < -0.3 is 15.5 Å². The second-order valence-electron chi connectivity index (χ2n) is 5.71. The van der Waals surface area contributed by atoms with E-state index in [0.717, 1.165) is 13.0 Å². The summed E-state index contributed by atoms with van der Waals surface area (Å²) >= 11 is 0. The predicted octanol–water partition coefficient (Wildman–Crippen LogP) is -1.53. The van der Waals surface area contributed by atoms with Gasteiger partial charge in [-0.15, -0.1) is 4.28 Å². The third kappa shape index (κ3) is 3.02. The molecular formula is C11H18N4O6S. The number of nitrogens with zero attached hydrogens (tertiary/aromatic N) is 2. The molecule has 3 rings (SSSR count). The normalized spacial score (nSPS) is 31.7. The molecule has 0 aromatic carbocycles. The van der Waals surface area contributed by atoms with Crippen LogP contribution in [0.5, 0.6) is 0 Å². The van der Waals surface area contributed by atoms with Crippen molar-refractivity contribution in [2.45, 2.75) is 37.4 Å². The number of amides is 3. The Morgan fingerprint density at radius 1 is 1.36 bits per heavy atom. The third-order valence-corrected chi connectivity index (χ3v) is 4.56. The summed E-state index contributed by atoms with van der Waals surface area (Å²) in [5.41, 5.74) is 0. The van der Waals surface area contributed by atoms with Crippen molar-refractivity contribution in [2.24, 2.45) is 0 Å². The monoisotopic (exact) mass is 334 g/mol. The standard InChI is InChI=1S/C11H18N4O6S/c16-10(13-7-3-4-12-5-7)9-2-1-8-6-14(9)11(17)15(8)21-22(18,19)20/h7-9,12H,1-6H2,(H,13,16)(H,18,19,20)/t7-,8+,9-/m0/s1. The number of carbonyl (C=O) groups excluding carboxylic acids is 2. The van der Waals surface area contributed by atoms with Gasteiger partial charge in [0.1, 0.15) is 6.04 Å². The van der Waals surface area contributed by atoms with Crippen molar-refractivity contribution in [2.75, 3.05) is 19.6 Å². The molecule has 0 aliphatic carbocycles. The minimum Gasteiger partial charge on any atom is -0.350 e. The Labute approximate surface area is 127 Å². The highest BCUT2D eigenvalue weighted by Crippen LogP contribution is 2.30. The van der Waals surface area contributed by atoms with Gasteiger partial charge in [0, 0.05) is 19.1 Å². The van der Waals surface area contributed by atoms with Crippen molar-refractivity contribution in [1.29, 1.82) is 0 Å². The van der Waals surface area contributed by atoms with E-state index in [1.807, 2.05) is 0 Å². The van der Waals surface area contributed by atoms with Gasteiger partial charge in [0.15, 0.2) is 0 Å². The highest BCUT2D eigenvalue weighted by molar-refractivity contribution is 7.80. The Hall–Kier alpha value is -1.43. The molecule has 2 bridgehead atoms. The van der Waals surface area contributed by atoms with Crippen molar-refractivity contribution >= 4 is 22.3 Å². The van der Waals surface area contributed by atoms with Crippen molar-refractivity contribution < 1.29 is 26.8 Å². The van der Waals surface area contributed by atoms with Crippen molar-refractivity contribution in [3.05, 3.63) is 0 Å². The van der Waals surface area contributed by atoms with Crippen LogP contribution < -0.4 is 10.6 Å². The maximum absolute atomic E-state index is 12.3. The van der Waals surface area contributed by atoms with Crippen LogP contribution in [0.15, 0.2) is 0 Å². The van der Waals surface area contributed by atoms with E-state index in [9.17, 15) is 18.0 Å². The number of fused-ring (bicyclic) bond motifs is 2. The van der Waals surface area contributed by atoms with Gasteiger partial charge in [-0.05, 0) is 25.8 Å². The van der Waals surface area contributed by atoms with Crippen LogP contribution in [0.1, 0.15) is 19.3 Å². The molecule has 0 aromatic heterocycles. The van der Waals surface area contributed by atoms with Crippen LogP contribution in [0.4, 0.5) is 4.79 Å². The first-order chi connectivity index (χ1) is 10.3. The lowest BCUT2D eigenvalue weighted by Crippen LogP contribution is -2.52. The fourth-order valence-electron chi connectivity index (χ4n) is 3.18. The number of hydrogen-bond acceptors (Lipinski definition) is 6. The Morgan fingerprint density at radius 3 is 2.77 bits per heavy atom. The number of piperidine rings is 1. The SMILES string of the molecule is O=C(N[C@H]1CCNC1)[C@@H]1CC[C@@H]2CN1C(=O)N2OS(=O)(=O)O. The van der Waals surface area contributed by atoms with Gasteiger partial charge in [0.25, 0.3) is 0 Å². The Kier molecular flexibility index (Phi) is 3.97. The maximum atomic E-state index is 12.3. The molecule has 3 aliphatic heterocycles. The van der Waals surface area contributed by atoms with E-state index in [2.05, 4.69) is 14.9 Å². The highest BCUT2D eigenvalue weighted by Gasteiger charge is 2.49. The molecule has 10 nitrogen and oxygen atoms in total. The van der Waals surface area contributed by atoms with Crippen LogP contribution in [0.25, 0.3) is 0 Å². The summed E-state index contributed by atoms with van der Waals surface area (Å²) in [6, 6.07) is -1.79. The van der Waals surface area contributed by atoms with E-state index >= 15 is 0 Å². The Morgan fingerprint density at radius 2 is 2.14 bits per heavy atom. The van der Waals surface area contributed by atoms with E-state index in [-0.39, 0.29) is 18.5 Å². The number of rotatable bonds is 4. The average molecular weight is 334 g/mol. The summed E-state index contributed by atoms with van der Waals surface area (Å²) in [5.74, 6) is -0.241. The number of carbonyl (C=O) groups is 2. The summed E-state index contributed by atoms with van der Waals surface area (Å²) in [4.78, 5) is 25.8. The molecule has 0 unspecified atom stereocenters. The summed E-state index contributed by atoms with van der Waals surface area (Å²) in [6.45, 7) is 1.75. The quantitative estimate of drug-likeness (QED) is 0.532. The first-order valence-electron chi connectivity index (χ1n) is 7.13. The molecule has 0 spiro atoms. The van der Waals surface area contributed by atoms with Gasteiger partial charge in [-0.3, -0.25) is 9.35 Å². The van der Waals surface area contributed by atoms with Gasteiger partial charge in [0.2, 0.25) is 5.91 Å². The molecule has 3 amide bonds. The van der Waals surface area contributed by atoms with Crippen molar-refractivity contribution in [3.8, 4) is 0 Å². The van der Waals surface area contributed by atoms with Gasteiger partial charge in [-0.25, -0.2) is 4.79 Å². The summed E-state index contributed by atoms with van der Waals surface area (Å²) < 4.78 is 34.6. The molecule has 3 saturated heterocycles. The average Bonchev–Trinajstić information content (AvgIpc) is 3.01. The van der Waals surface area contributed by atoms with Gasteiger partial charge in [-0.2, -0.15) is 13.5 Å². The molecule has 0 radical (unpaired) electrons. The van der Waals surface area contributed by atoms with Crippen LogP contribution in [0, 0.1) is 0 Å². The zero-order valence-corrected chi connectivity index (χ0v) is 12.6. The molecule has 3 atom stereocenters. The molecular weight excluding hydrogens is 316 g/mol. The minimum absolute atomic E-state index is 0.0492. The molecule has 3 N–H and O–H groups in total. The van der Waals surface area contributed by atoms with Crippen LogP contribution in [-0.2, 0) is 19.5 Å². The molecule has 11 heteroatoms. The topological polar surface area (TPSA) is 128 Å². The zero-order chi connectivity index (χ0) is 15.9. The van der Waals surface area contributed by atoms with Crippen molar-refractivity contribution in [1.82, 2.24) is 20.6 Å². The van der Waals surface area contributed by atoms with Crippen LogP contribution in [0.3, 0.4) is 0 Å². The van der Waals surface area contributed by atoms with E-state index in [1.165, 1.54) is 4.90 Å². The Balaban J connectivity index is 1.67. The Bertz CT molecular complexity index is 575. The van der Waals surface area contributed by atoms with E-state index in [1.54, 1.807) is 0 Å². The molecule has 124 valence electrons. The number of hydrogen-bond donors (Lipinski definition) is 3. The summed E-state index contributed by atoms with van der Waals surface area (Å²) in [7, 11) is -4.77. The largest absolute Gasteiger partial charge is 0.418 e. The van der Waals surface area contributed by atoms with E-state index < -0.39 is 28.5 Å². The molecule has 3 heterocycles. The highest BCUT2D eigenvalue weighted by atomic mass is 32.3. The molecule has 22 heavy (non-hydrogen) atoms. The van der Waals surface area contributed by atoms with E-state index in [4.69, 9.17) is 4.55 Å². The van der Waals surface area contributed by atoms with Crippen LogP contribution in [-0.4, -0.2) is 72.6 Å². The fraction of sp³-hybridized carbons (Fsp3) is 0.818. The lowest BCUT2D eigenvalue weighted by atomic mass is 10.00. The number of hydroxylamine groups is 2. The zero-order valence-electron chi connectivity index (χ0n) is 11.8. The fourth-order valence-corrected chi connectivity index (χ4v) is 3.57. The second kappa shape index (κ2) is 5.65. The number of nitrogens with one attached hydrogen (secondary N) is 2. The minimum atomic E-state index is -4.77. The third-order valence-electron chi connectivity index (χ3n) is 4.21. The number of urea groups is 1. The first kappa shape index (κ1) is 15.5. The second-order valence-corrected chi connectivity index (χ2v) is 6.71. The molecule has 0 aromatic rings. The lowest BCUT2D eigenvalue weighted by molar-refractivity contribution is -0.126. The summed E-state index contributed by atoms with van der Waals surface area (Å²) in [6.07, 6.45) is 1.69.